The van der Waals surface area contributed by atoms with Gasteiger partial charge in [-0.15, -0.1) is 0 Å². The molecular weight excluding hydrogens is 328 g/mol. The van der Waals surface area contributed by atoms with Crippen LogP contribution in [0.25, 0.3) is 0 Å². The van der Waals surface area contributed by atoms with Gasteiger partial charge in [0.25, 0.3) is 0 Å². The molecule has 2 aromatic rings. The molecule has 0 aromatic carbocycles. The van der Waals surface area contributed by atoms with Crippen LogP contribution in [0.3, 0.4) is 0 Å². The highest BCUT2D eigenvalue weighted by Gasteiger charge is 2.45. The van der Waals surface area contributed by atoms with Gasteiger partial charge in [0.15, 0.2) is 0 Å². The lowest BCUT2D eigenvalue weighted by atomic mass is 9.78. The van der Waals surface area contributed by atoms with Gasteiger partial charge in [-0.05, 0) is 61.4 Å². The van der Waals surface area contributed by atoms with E-state index < -0.39 is 0 Å². The molecule has 26 heavy (non-hydrogen) atoms. The number of nitrogens with zero attached hydrogens (tertiary/aromatic N) is 2. The topological polar surface area (TPSA) is 47.7 Å². The summed E-state index contributed by atoms with van der Waals surface area (Å²) in [6, 6.07) is 8.03. The number of ether oxygens (including phenoxy) is 2. The SMILES string of the molecule is c1coc(CN2CCC3(CC2)OCC[C@@H]3CCOCc2ccncc2)c1. The van der Waals surface area contributed by atoms with Crippen LogP contribution in [0.15, 0.2) is 47.3 Å². The third-order valence-electron chi connectivity index (χ3n) is 5.89. The predicted octanol–water partition coefficient (Wildman–Crippen LogP) is 3.65. The van der Waals surface area contributed by atoms with Crippen LogP contribution in [0.1, 0.15) is 37.0 Å². The highest BCUT2D eigenvalue weighted by molar-refractivity contribution is 5.08. The third-order valence-corrected chi connectivity index (χ3v) is 5.89. The van der Waals surface area contributed by atoms with E-state index >= 15 is 0 Å². The van der Waals surface area contributed by atoms with E-state index in [1.165, 1.54) is 5.56 Å². The van der Waals surface area contributed by atoms with Crippen molar-refractivity contribution >= 4 is 0 Å². The van der Waals surface area contributed by atoms with Crippen molar-refractivity contribution in [3.8, 4) is 0 Å². The van der Waals surface area contributed by atoms with Gasteiger partial charge >= 0.3 is 0 Å². The van der Waals surface area contributed by atoms with E-state index in [2.05, 4.69) is 16.0 Å². The van der Waals surface area contributed by atoms with Gasteiger partial charge in [0.1, 0.15) is 5.76 Å². The van der Waals surface area contributed by atoms with Crippen molar-refractivity contribution in [1.29, 1.82) is 0 Å². The number of aromatic nitrogens is 1. The van der Waals surface area contributed by atoms with Crippen molar-refractivity contribution < 1.29 is 13.9 Å². The van der Waals surface area contributed by atoms with Gasteiger partial charge in [-0.3, -0.25) is 9.88 Å². The molecule has 1 spiro atoms. The average Bonchev–Trinajstić information content (AvgIpc) is 3.32. The van der Waals surface area contributed by atoms with Crippen LogP contribution in [0.5, 0.6) is 0 Å². The van der Waals surface area contributed by atoms with E-state index in [9.17, 15) is 0 Å². The van der Waals surface area contributed by atoms with E-state index in [4.69, 9.17) is 13.9 Å². The molecule has 5 nitrogen and oxygen atoms in total. The van der Waals surface area contributed by atoms with Crippen molar-refractivity contribution in [2.45, 2.75) is 44.4 Å². The zero-order valence-electron chi connectivity index (χ0n) is 15.3. The van der Waals surface area contributed by atoms with Gasteiger partial charge < -0.3 is 13.9 Å². The molecule has 0 saturated carbocycles. The summed E-state index contributed by atoms with van der Waals surface area (Å²) in [6.45, 7) is 5.42. The number of rotatable bonds is 7. The Hall–Kier alpha value is -1.69. The van der Waals surface area contributed by atoms with Crippen LogP contribution >= 0.6 is 0 Å². The molecule has 2 aromatic heterocycles. The van der Waals surface area contributed by atoms with E-state index in [0.717, 1.165) is 64.3 Å². The maximum atomic E-state index is 6.28. The predicted molar refractivity (Wildman–Crippen MR) is 98.5 cm³/mol. The van der Waals surface area contributed by atoms with Crippen LogP contribution in [0.2, 0.25) is 0 Å². The summed E-state index contributed by atoms with van der Waals surface area (Å²) in [6.07, 6.45) is 9.86. The smallest absolute Gasteiger partial charge is 0.117 e. The minimum Gasteiger partial charge on any atom is -0.468 e. The fraction of sp³-hybridized carbons (Fsp3) is 0.571. The summed E-state index contributed by atoms with van der Waals surface area (Å²) < 4.78 is 17.7. The molecule has 2 aliphatic heterocycles. The van der Waals surface area contributed by atoms with Crippen molar-refractivity contribution in [2.75, 3.05) is 26.3 Å². The summed E-state index contributed by atoms with van der Waals surface area (Å²) in [4.78, 5) is 6.52. The fourth-order valence-corrected chi connectivity index (χ4v) is 4.35. The lowest BCUT2D eigenvalue weighted by Gasteiger charge is -2.42. The van der Waals surface area contributed by atoms with Gasteiger partial charge in [0.2, 0.25) is 0 Å². The Balaban J connectivity index is 1.23. The highest BCUT2D eigenvalue weighted by Crippen LogP contribution is 2.42. The Morgan fingerprint density at radius 2 is 2.04 bits per heavy atom. The number of hydrogen-bond acceptors (Lipinski definition) is 5. The molecule has 0 unspecified atom stereocenters. The lowest BCUT2D eigenvalue weighted by molar-refractivity contribution is -0.0740. The zero-order chi connectivity index (χ0) is 17.7. The maximum absolute atomic E-state index is 6.28. The van der Waals surface area contributed by atoms with Crippen LogP contribution < -0.4 is 0 Å². The first kappa shape index (κ1) is 17.7. The number of likely N-dealkylation sites (tertiary alicyclic amines) is 1. The van der Waals surface area contributed by atoms with E-state index in [1.807, 2.05) is 30.6 Å². The second-order valence-electron chi connectivity index (χ2n) is 7.45. The van der Waals surface area contributed by atoms with Gasteiger partial charge in [-0.1, -0.05) is 0 Å². The van der Waals surface area contributed by atoms with Crippen LogP contribution in [0.4, 0.5) is 0 Å². The molecule has 0 aliphatic carbocycles. The molecular formula is C21H28N2O3. The van der Waals surface area contributed by atoms with Crippen LogP contribution in [-0.4, -0.2) is 41.8 Å². The molecule has 140 valence electrons. The molecule has 4 rings (SSSR count). The summed E-state index contributed by atoms with van der Waals surface area (Å²) in [7, 11) is 0. The van der Waals surface area contributed by atoms with Crippen LogP contribution in [-0.2, 0) is 22.6 Å². The second kappa shape index (κ2) is 8.33. The van der Waals surface area contributed by atoms with Crippen molar-refractivity contribution in [2.24, 2.45) is 5.92 Å². The average molecular weight is 356 g/mol. The van der Waals surface area contributed by atoms with Crippen molar-refractivity contribution in [1.82, 2.24) is 9.88 Å². The second-order valence-corrected chi connectivity index (χ2v) is 7.45. The fourth-order valence-electron chi connectivity index (χ4n) is 4.35. The quantitative estimate of drug-likeness (QED) is 0.709. The largest absolute Gasteiger partial charge is 0.468 e. The summed E-state index contributed by atoms with van der Waals surface area (Å²) in [5, 5.41) is 0. The summed E-state index contributed by atoms with van der Waals surface area (Å²) in [5.74, 6) is 1.67. The molecule has 5 heteroatoms. The van der Waals surface area contributed by atoms with Gasteiger partial charge in [-0.25, -0.2) is 0 Å². The first-order valence-electron chi connectivity index (χ1n) is 9.69. The van der Waals surface area contributed by atoms with Crippen LogP contribution in [0, 0.1) is 5.92 Å². The Morgan fingerprint density at radius 1 is 1.19 bits per heavy atom. The number of hydrogen-bond donors (Lipinski definition) is 0. The molecule has 2 aliphatic rings. The van der Waals surface area contributed by atoms with Crippen molar-refractivity contribution in [3.05, 3.63) is 54.2 Å². The Labute approximate surface area is 155 Å². The first-order valence-corrected chi connectivity index (χ1v) is 9.69. The monoisotopic (exact) mass is 356 g/mol. The molecule has 4 heterocycles. The Morgan fingerprint density at radius 3 is 2.81 bits per heavy atom. The summed E-state index contributed by atoms with van der Waals surface area (Å²) in [5.41, 5.74) is 1.25. The molecule has 0 N–H and O–H groups in total. The van der Waals surface area contributed by atoms with E-state index in [0.29, 0.717) is 12.5 Å². The standard InChI is InChI=1S/C21H28N2O3/c1-2-20(25-13-1)16-23-11-7-21(8-12-23)19(6-15-26-21)5-14-24-17-18-3-9-22-10-4-18/h1-4,9-10,13,19H,5-8,11-12,14-17H2/t19-/m0/s1. The Bertz CT molecular complexity index is 651. The molecule has 2 saturated heterocycles. The zero-order valence-corrected chi connectivity index (χ0v) is 15.3. The van der Waals surface area contributed by atoms with Gasteiger partial charge in [0.05, 0.1) is 25.0 Å². The molecule has 0 radical (unpaired) electrons. The molecule has 2 fully saturated rings. The van der Waals surface area contributed by atoms with Gasteiger partial charge in [-0.2, -0.15) is 0 Å². The minimum atomic E-state index is 0.0691. The minimum absolute atomic E-state index is 0.0691. The molecule has 0 amide bonds. The van der Waals surface area contributed by atoms with Crippen molar-refractivity contribution in [3.63, 3.8) is 0 Å². The molecule has 0 bridgehead atoms. The normalized spacial score (nSPS) is 22.8. The third kappa shape index (κ3) is 4.17. The molecule has 1 atom stereocenters. The summed E-state index contributed by atoms with van der Waals surface area (Å²) >= 11 is 0. The first-order chi connectivity index (χ1) is 12.8. The van der Waals surface area contributed by atoms with E-state index in [-0.39, 0.29) is 5.60 Å². The highest BCUT2D eigenvalue weighted by atomic mass is 16.5. The Kier molecular flexibility index (Phi) is 5.68. The number of piperidine rings is 1. The lowest BCUT2D eigenvalue weighted by Crippen LogP contribution is -2.47. The van der Waals surface area contributed by atoms with Gasteiger partial charge in [0, 0.05) is 38.7 Å². The number of pyridine rings is 1. The number of furan rings is 1. The maximum Gasteiger partial charge on any atom is 0.117 e. The van der Waals surface area contributed by atoms with E-state index in [1.54, 1.807) is 6.26 Å².